The molecule has 1 aliphatic heterocycles. The van der Waals surface area contributed by atoms with E-state index >= 15 is 0 Å². The maximum Gasteiger partial charge on any atom is 0.254 e. The molecule has 0 spiro atoms. The van der Waals surface area contributed by atoms with E-state index in [1.165, 1.54) is 6.07 Å². The predicted molar refractivity (Wildman–Crippen MR) is 82.5 cm³/mol. The van der Waals surface area contributed by atoms with Gasteiger partial charge in [-0.25, -0.2) is 8.78 Å². The van der Waals surface area contributed by atoms with Crippen molar-refractivity contribution in [3.63, 3.8) is 0 Å². The lowest BCUT2D eigenvalue weighted by molar-refractivity contribution is 0.0677. The number of ether oxygens (including phenoxy) is 1. The largest absolute Gasteiger partial charge is 0.497 e. The number of carbonyl (C=O) groups excluding carboxylic acids is 1. The number of benzene rings is 2. The van der Waals surface area contributed by atoms with Crippen LogP contribution >= 0.6 is 0 Å². The molecule has 1 aliphatic rings. The van der Waals surface area contributed by atoms with Crippen LogP contribution in [0.4, 0.5) is 8.78 Å². The molecular weight excluding hydrogens is 300 g/mol. The maximum absolute atomic E-state index is 13.4. The van der Waals surface area contributed by atoms with E-state index < -0.39 is 11.6 Å². The Labute approximate surface area is 133 Å². The summed E-state index contributed by atoms with van der Waals surface area (Å²) in [6.07, 6.45) is 0.701. The minimum absolute atomic E-state index is 0.134. The zero-order valence-corrected chi connectivity index (χ0v) is 13.0. The second kappa shape index (κ2) is 5.99. The number of rotatable bonds is 2. The SMILES string of the molecule is COc1ccc2c(c1)CCN(C(=O)c1ccc(F)c(F)c1)C2C. The highest BCUT2D eigenvalue weighted by Gasteiger charge is 2.28. The maximum atomic E-state index is 13.4. The summed E-state index contributed by atoms with van der Waals surface area (Å²) in [5.74, 6) is -1.47. The number of halogens is 2. The van der Waals surface area contributed by atoms with Crippen molar-refractivity contribution in [3.8, 4) is 5.75 Å². The molecule has 1 amide bonds. The van der Waals surface area contributed by atoms with Crippen molar-refractivity contribution in [1.82, 2.24) is 4.90 Å². The van der Waals surface area contributed by atoms with Gasteiger partial charge in [0.05, 0.1) is 13.2 Å². The van der Waals surface area contributed by atoms with Crippen molar-refractivity contribution in [2.24, 2.45) is 0 Å². The van der Waals surface area contributed by atoms with Crippen LogP contribution in [0, 0.1) is 11.6 Å². The second-order valence-electron chi connectivity index (χ2n) is 5.62. The second-order valence-corrected chi connectivity index (χ2v) is 5.62. The molecule has 0 saturated heterocycles. The molecule has 1 heterocycles. The molecule has 0 aliphatic carbocycles. The minimum atomic E-state index is -1.01. The van der Waals surface area contributed by atoms with Crippen LogP contribution in [0.3, 0.4) is 0 Å². The first kappa shape index (κ1) is 15.5. The molecule has 0 N–H and O–H groups in total. The average Bonchev–Trinajstić information content (AvgIpc) is 2.56. The Kier molecular flexibility index (Phi) is 4.03. The fourth-order valence-corrected chi connectivity index (χ4v) is 3.01. The molecule has 23 heavy (non-hydrogen) atoms. The number of methoxy groups -OCH3 is 1. The molecule has 2 aromatic carbocycles. The van der Waals surface area contributed by atoms with Gasteiger partial charge < -0.3 is 9.64 Å². The number of hydrogen-bond acceptors (Lipinski definition) is 2. The molecule has 5 heteroatoms. The van der Waals surface area contributed by atoms with E-state index in [0.29, 0.717) is 13.0 Å². The van der Waals surface area contributed by atoms with Crippen molar-refractivity contribution < 1.29 is 18.3 Å². The minimum Gasteiger partial charge on any atom is -0.497 e. The summed E-state index contributed by atoms with van der Waals surface area (Å²) in [5.41, 5.74) is 2.35. The van der Waals surface area contributed by atoms with Gasteiger partial charge in [-0.3, -0.25) is 4.79 Å². The number of fused-ring (bicyclic) bond motifs is 1. The highest BCUT2D eigenvalue weighted by atomic mass is 19.2. The zero-order valence-electron chi connectivity index (χ0n) is 13.0. The van der Waals surface area contributed by atoms with Gasteiger partial charge in [-0.15, -0.1) is 0 Å². The van der Waals surface area contributed by atoms with Crippen LogP contribution in [0.25, 0.3) is 0 Å². The fourth-order valence-electron chi connectivity index (χ4n) is 3.01. The first-order valence-electron chi connectivity index (χ1n) is 7.44. The standard InChI is InChI=1S/C18H17F2NO2/c1-11-15-5-4-14(23-2)9-12(15)7-8-21(11)18(22)13-3-6-16(19)17(20)10-13/h3-6,9-11H,7-8H2,1-2H3. The van der Waals surface area contributed by atoms with Crippen LogP contribution in [0.5, 0.6) is 5.75 Å². The molecule has 0 fully saturated rings. The van der Waals surface area contributed by atoms with E-state index in [0.717, 1.165) is 29.0 Å². The normalized spacial score (nSPS) is 16.9. The molecule has 120 valence electrons. The van der Waals surface area contributed by atoms with Crippen molar-refractivity contribution in [2.75, 3.05) is 13.7 Å². The van der Waals surface area contributed by atoms with Gasteiger partial charge in [0.1, 0.15) is 5.75 Å². The van der Waals surface area contributed by atoms with Gasteiger partial charge in [-0.2, -0.15) is 0 Å². The Morgan fingerprint density at radius 2 is 1.96 bits per heavy atom. The summed E-state index contributed by atoms with van der Waals surface area (Å²) in [5, 5.41) is 0. The monoisotopic (exact) mass is 317 g/mol. The molecule has 0 saturated carbocycles. The van der Waals surface area contributed by atoms with Crippen molar-refractivity contribution in [2.45, 2.75) is 19.4 Å². The topological polar surface area (TPSA) is 29.5 Å². The highest BCUT2D eigenvalue weighted by Crippen LogP contribution is 2.32. The summed E-state index contributed by atoms with van der Waals surface area (Å²) >= 11 is 0. The van der Waals surface area contributed by atoms with Gasteiger partial charge in [-0.1, -0.05) is 6.07 Å². The summed E-state index contributed by atoms with van der Waals surface area (Å²) in [7, 11) is 1.62. The van der Waals surface area contributed by atoms with E-state index in [1.54, 1.807) is 12.0 Å². The van der Waals surface area contributed by atoms with Gasteiger partial charge in [0.2, 0.25) is 0 Å². The van der Waals surface area contributed by atoms with Crippen LogP contribution < -0.4 is 4.74 Å². The third-order valence-corrected chi connectivity index (χ3v) is 4.32. The Bertz CT molecular complexity index is 761. The number of hydrogen-bond donors (Lipinski definition) is 0. The first-order chi connectivity index (χ1) is 11.0. The lowest BCUT2D eigenvalue weighted by Gasteiger charge is -2.35. The van der Waals surface area contributed by atoms with Crippen molar-refractivity contribution >= 4 is 5.91 Å². The molecule has 3 nitrogen and oxygen atoms in total. The van der Waals surface area contributed by atoms with Gasteiger partial charge in [0, 0.05) is 12.1 Å². The van der Waals surface area contributed by atoms with Gasteiger partial charge in [-0.05, 0) is 54.8 Å². The average molecular weight is 317 g/mol. The summed E-state index contributed by atoms with van der Waals surface area (Å²) < 4.78 is 31.6. The Hall–Kier alpha value is -2.43. The summed E-state index contributed by atoms with van der Waals surface area (Å²) in [6, 6.07) is 8.90. The molecule has 2 aromatic rings. The van der Waals surface area contributed by atoms with Crippen molar-refractivity contribution in [1.29, 1.82) is 0 Å². The third-order valence-electron chi connectivity index (χ3n) is 4.32. The predicted octanol–water partition coefficient (Wildman–Crippen LogP) is 3.73. The van der Waals surface area contributed by atoms with E-state index in [-0.39, 0.29) is 17.5 Å². The zero-order chi connectivity index (χ0) is 16.6. The number of amides is 1. The lowest BCUT2D eigenvalue weighted by Crippen LogP contribution is -2.38. The van der Waals surface area contributed by atoms with Crippen LogP contribution in [-0.2, 0) is 6.42 Å². The van der Waals surface area contributed by atoms with Crippen molar-refractivity contribution in [3.05, 3.63) is 64.7 Å². The Morgan fingerprint density at radius 1 is 1.17 bits per heavy atom. The van der Waals surface area contributed by atoms with Crippen LogP contribution in [0.2, 0.25) is 0 Å². The molecule has 0 bridgehead atoms. The quantitative estimate of drug-likeness (QED) is 0.844. The lowest BCUT2D eigenvalue weighted by atomic mass is 9.92. The molecule has 1 atom stereocenters. The fraction of sp³-hybridized carbons (Fsp3) is 0.278. The Balaban J connectivity index is 1.89. The highest BCUT2D eigenvalue weighted by molar-refractivity contribution is 5.94. The summed E-state index contributed by atoms with van der Waals surface area (Å²) in [4.78, 5) is 14.3. The van der Waals surface area contributed by atoms with E-state index in [4.69, 9.17) is 4.74 Å². The smallest absolute Gasteiger partial charge is 0.254 e. The molecule has 0 radical (unpaired) electrons. The van der Waals surface area contributed by atoms with Gasteiger partial charge in [0.25, 0.3) is 5.91 Å². The number of nitrogens with zero attached hydrogens (tertiary/aromatic N) is 1. The molecule has 1 unspecified atom stereocenters. The molecule has 0 aromatic heterocycles. The van der Waals surface area contributed by atoms with Crippen LogP contribution in [0.15, 0.2) is 36.4 Å². The first-order valence-corrected chi connectivity index (χ1v) is 7.44. The van der Waals surface area contributed by atoms with Crippen LogP contribution in [0.1, 0.15) is 34.5 Å². The molecule has 3 rings (SSSR count). The van der Waals surface area contributed by atoms with Crippen LogP contribution in [-0.4, -0.2) is 24.5 Å². The van der Waals surface area contributed by atoms with E-state index in [9.17, 15) is 13.6 Å². The summed E-state index contributed by atoms with van der Waals surface area (Å²) in [6.45, 7) is 2.46. The van der Waals surface area contributed by atoms with E-state index in [1.807, 2.05) is 25.1 Å². The molecular formula is C18H17F2NO2. The van der Waals surface area contributed by atoms with Gasteiger partial charge in [0.15, 0.2) is 11.6 Å². The van der Waals surface area contributed by atoms with Gasteiger partial charge >= 0.3 is 0 Å². The third kappa shape index (κ3) is 2.79. The Morgan fingerprint density at radius 3 is 2.65 bits per heavy atom. The van der Waals surface area contributed by atoms with E-state index in [2.05, 4.69) is 0 Å². The number of carbonyl (C=O) groups is 1.